The van der Waals surface area contributed by atoms with Gasteiger partial charge < -0.3 is 14.0 Å². The minimum Gasteiger partial charge on any atom is -0.494 e. The molecular weight excluding hydrogens is 384 g/mol. The zero-order chi connectivity index (χ0) is 19.2. The fourth-order valence-corrected chi connectivity index (χ4v) is 4.28. The van der Waals surface area contributed by atoms with Crippen molar-refractivity contribution in [3.05, 3.63) is 45.4 Å². The van der Waals surface area contributed by atoms with E-state index in [1.807, 2.05) is 41.1 Å². The third-order valence-electron chi connectivity index (χ3n) is 3.74. The highest BCUT2D eigenvalue weighted by atomic mass is 32.1. The normalized spacial score (nSPS) is 11.7. The van der Waals surface area contributed by atoms with Crippen molar-refractivity contribution in [3.63, 3.8) is 0 Å². The Bertz CT molecular complexity index is 1000. The summed E-state index contributed by atoms with van der Waals surface area (Å²) in [6.07, 6.45) is 0.216. The van der Waals surface area contributed by atoms with E-state index in [2.05, 4.69) is 4.99 Å². The Hall–Kier alpha value is -2.45. The molecule has 0 spiro atoms. The average Bonchev–Trinajstić information content (AvgIpc) is 3.28. The number of amides is 1. The van der Waals surface area contributed by atoms with Crippen LogP contribution in [0.5, 0.6) is 5.75 Å². The first-order valence-electron chi connectivity index (χ1n) is 8.66. The molecule has 0 atom stereocenters. The number of aromatic nitrogens is 1. The number of esters is 1. The number of carbonyl (C=O) groups is 2. The predicted molar refractivity (Wildman–Crippen MR) is 106 cm³/mol. The highest BCUT2D eigenvalue weighted by molar-refractivity contribution is 7.16. The molecule has 0 aliphatic heterocycles. The first-order valence-corrected chi connectivity index (χ1v) is 10.4. The van der Waals surface area contributed by atoms with Crippen LogP contribution in [-0.2, 0) is 16.1 Å². The van der Waals surface area contributed by atoms with Crippen molar-refractivity contribution in [2.45, 2.75) is 26.8 Å². The predicted octanol–water partition coefficient (Wildman–Crippen LogP) is 3.86. The molecule has 0 N–H and O–H groups in total. The Kier molecular flexibility index (Phi) is 6.41. The summed E-state index contributed by atoms with van der Waals surface area (Å²) in [5.74, 6) is 0.206. The number of aryl methyl sites for hydroxylation is 1. The van der Waals surface area contributed by atoms with E-state index in [1.165, 1.54) is 22.7 Å². The molecule has 0 saturated heterocycles. The quantitative estimate of drug-likeness (QED) is 0.561. The topological polar surface area (TPSA) is 69.9 Å². The van der Waals surface area contributed by atoms with Crippen LogP contribution in [0.1, 0.15) is 29.9 Å². The molecule has 6 nitrogen and oxygen atoms in total. The summed E-state index contributed by atoms with van der Waals surface area (Å²) in [6.45, 7) is 5.02. The van der Waals surface area contributed by atoms with Gasteiger partial charge in [-0.25, -0.2) is 0 Å². The van der Waals surface area contributed by atoms with E-state index in [-0.39, 0.29) is 18.3 Å². The van der Waals surface area contributed by atoms with Gasteiger partial charge in [-0.3, -0.25) is 9.59 Å². The van der Waals surface area contributed by atoms with Crippen LogP contribution in [0.25, 0.3) is 10.2 Å². The smallest absolute Gasteiger partial charge is 0.307 e. The number of hydrogen-bond acceptors (Lipinski definition) is 6. The van der Waals surface area contributed by atoms with E-state index in [0.717, 1.165) is 16.0 Å². The number of carbonyl (C=O) groups excluding carboxylic acids is 2. The second-order valence-corrected chi connectivity index (χ2v) is 7.50. The fraction of sp³-hybridized carbons (Fsp3) is 0.316. The van der Waals surface area contributed by atoms with Crippen molar-refractivity contribution >= 4 is 44.8 Å². The van der Waals surface area contributed by atoms with Crippen LogP contribution in [0.3, 0.4) is 0 Å². The number of thiazole rings is 1. The molecule has 0 unspecified atom stereocenters. The van der Waals surface area contributed by atoms with Crippen molar-refractivity contribution in [1.82, 2.24) is 4.57 Å². The number of hydrogen-bond donors (Lipinski definition) is 0. The Morgan fingerprint density at radius 2 is 2.04 bits per heavy atom. The van der Waals surface area contributed by atoms with E-state index in [4.69, 9.17) is 9.47 Å². The van der Waals surface area contributed by atoms with E-state index in [0.29, 0.717) is 29.4 Å². The van der Waals surface area contributed by atoms with Crippen molar-refractivity contribution in [2.75, 3.05) is 13.2 Å². The molecular formula is C19H20N2O4S2. The zero-order valence-electron chi connectivity index (χ0n) is 15.1. The Balaban J connectivity index is 2.02. The first kappa shape index (κ1) is 19.3. The molecule has 27 heavy (non-hydrogen) atoms. The number of nitrogens with zero attached hydrogens (tertiary/aromatic N) is 2. The molecule has 2 heterocycles. The van der Waals surface area contributed by atoms with Crippen LogP contribution in [-0.4, -0.2) is 29.7 Å². The molecule has 142 valence electrons. The first-order chi connectivity index (χ1) is 13.1. The minimum atomic E-state index is -0.286. The van der Waals surface area contributed by atoms with Gasteiger partial charge in [-0.2, -0.15) is 4.99 Å². The van der Waals surface area contributed by atoms with Crippen LogP contribution >= 0.6 is 22.7 Å². The van der Waals surface area contributed by atoms with Crippen LogP contribution in [0.2, 0.25) is 0 Å². The largest absolute Gasteiger partial charge is 0.494 e. The SMILES string of the molecule is CCOC(=O)CCn1c(=NC(=O)c2cccs2)sc2cc(OCC)ccc21. The summed E-state index contributed by atoms with van der Waals surface area (Å²) in [6, 6.07) is 9.31. The van der Waals surface area contributed by atoms with Gasteiger partial charge >= 0.3 is 5.97 Å². The summed E-state index contributed by atoms with van der Waals surface area (Å²) in [5.41, 5.74) is 0.908. The summed E-state index contributed by atoms with van der Waals surface area (Å²) in [7, 11) is 0. The molecule has 0 aliphatic rings. The van der Waals surface area contributed by atoms with Crippen LogP contribution in [0.4, 0.5) is 0 Å². The molecule has 0 aliphatic carbocycles. The Morgan fingerprint density at radius 1 is 1.19 bits per heavy atom. The lowest BCUT2D eigenvalue weighted by molar-refractivity contribution is -0.143. The molecule has 3 rings (SSSR count). The molecule has 1 aromatic carbocycles. The fourth-order valence-electron chi connectivity index (χ4n) is 2.59. The number of thiophene rings is 1. The second-order valence-electron chi connectivity index (χ2n) is 5.55. The third kappa shape index (κ3) is 4.64. The van der Waals surface area contributed by atoms with Crippen LogP contribution in [0.15, 0.2) is 40.7 Å². The van der Waals surface area contributed by atoms with E-state index < -0.39 is 0 Å². The molecule has 0 saturated carbocycles. The van der Waals surface area contributed by atoms with Crippen LogP contribution < -0.4 is 9.54 Å². The third-order valence-corrected chi connectivity index (χ3v) is 5.64. The number of benzene rings is 1. The minimum absolute atomic E-state index is 0.216. The van der Waals surface area contributed by atoms with E-state index >= 15 is 0 Å². The average molecular weight is 405 g/mol. The lowest BCUT2D eigenvalue weighted by atomic mass is 10.3. The molecule has 3 aromatic rings. The number of ether oxygens (including phenoxy) is 2. The van der Waals surface area contributed by atoms with Crippen molar-refractivity contribution in [2.24, 2.45) is 4.99 Å². The second kappa shape index (κ2) is 8.96. The van der Waals surface area contributed by atoms with Gasteiger partial charge in [0, 0.05) is 6.54 Å². The number of fused-ring (bicyclic) bond motifs is 1. The highest BCUT2D eigenvalue weighted by Gasteiger charge is 2.12. The van der Waals surface area contributed by atoms with Crippen LogP contribution in [0, 0.1) is 0 Å². The monoisotopic (exact) mass is 404 g/mol. The van der Waals surface area contributed by atoms with Crippen molar-refractivity contribution < 1.29 is 19.1 Å². The van der Waals surface area contributed by atoms with Gasteiger partial charge in [0.15, 0.2) is 4.80 Å². The van der Waals surface area contributed by atoms with Gasteiger partial charge in [0.2, 0.25) is 0 Å². The molecule has 0 radical (unpaired) electrons. The van der Waals surface area contributed by atoms with Gasteiger partial charge in [-0.05, 0) is 43.5 Å². The van der Waals surface area contributed by atoms with Crippen molar-refractivity contribution in [3.8, 4) is 5.75 Å². The summed E-state index contributed by atoms with van der Waals surface area (Å²) < 4.78 is 13.4. The van der Waals surface area contributed by atoms with Gasteiger partial charge in [0.05, 0.1) is 34.7 Å². The van der Waals surface area contributed by atoms with Gasteiger partial charge in [0.1, 0.15) is 5.75 Å². The van der Waals surface area contributed by atoms with E-state index in [1.54, 1.807) is 13.0 Å². The lowest BCUT2D eigenvalue weighted by Gasteiger charge is -2.06. The Labute approximate surface area is 164 Å². The molecule has 1 amide bonds. The molecule has 0 bridgehead atoms. The molecule has 0 fully saturated rings. The van der Waals surface area contributed by atoms with Gasteiger partial charge in [-0.15, -0.1) is 11.3 Å². The summed E-state index contributed by atoms with van der Waals surface area (Å²) in [4.78, 5) is 29.7. The van der Waals surface area contributed by atoms with Gasteiger partial charge in [0.25, 0.3) is 5.91 Å². The maximum absolute atomic E-state index is 12.4. The van der Waals surface area contributed by atoms with E-state index in [9.17, 15) is 9.59 Å². The Morgan fingerprint density at radius 3 is 2.74 bits per heavy atom. The van der Waals surface area contributed by atoms with Gasteiger partial charge in [-0.1, -0.05) is 17.4 Å². The standard InChI is InChI=1S/C19H20N2O4S2/c1-3-24-13-7-8-14-16(12-13)27-19(20-18(23)15-6-5-11-26-15)21(14)10-9-17(22)25-4-2/h5-8,11-12H,3-4,9-10H2,1-2H3. The summed E-state index contributed by atoms with van der Waals surface area (Å²) in [5, 5.41) is 1.84. The maximum atomic E-state index is 12.4. The molecule has 8 heteroatoms. The van der Waals surface area contributed by atoms with Crippen molar-refractivity contribution in [1.29, 1.82) is 0 Å². The maximum Gasteiger partial charge on any atom is 0.307 e. The lowest BCUT2D eigenvalue weighted by Crippen LogP contribution is -2.19. The zero-order valence-corrected chi connectivity index (χ0v) is 16.8. The number of rotatable bonds is 7. The summed E-state index contributed by atoms with van der Waals surface area (Å²) >= 11 is 2.76. The highest BCUT2D eigenvalue weighted by Crippen LogP contribution is 2.24. The molecule has 2 aromatic heterocycles.